The van der Waals surface area contributed by atoms with Gasteiger partial charge in [0, 0.05) is 12.6 Å². The SMILES string of the molecule is CNC(C1CCCN(C)C1)C1(CN)CCC1. The molecule has 2 aliphatic rings. The van der Waals surface area contributed by atoms with Gasteiger partial charge in [0.1, 0.15) is 0 Å². The first-order valence-corrected chi connectivity index (χ1v) is 6.78. The molecule has 94 valence electrons. The van der Waals surface area contributed by atoms with Crippen molar-refractivity contribution >= 4 is 0 Å². The number of hydrogen-bond acceptors (Lipinski definition) is 3. The van der Waals surface area contributed by atoms with Crippen LogP contribution in [-0.2, 0) is 0 Å². The van der Waals surface area contributed by atoms with Gasteiger partial charge in [0.2, 0.25) is 0 Å². The van der Waals surface area contributed by atoms with E-state index in [9.17, 15) is 0 Å². The Morgan fingerprint density at radius 3 is 2.62 bits per heavy atom. The molecule has 1 saturated carbocycles. The van der Waals surface area contributed by atoms with E-state index < -0.39 is 0 Å². The van der Waals surface area contributed by atoms with E-state index in [0.717, 1.165) is 12.5 Å². The second-order valence-corrected chi connectivity index (χ2v) is 5.85. The molecular weight excluding hydrogens is 198 g/mol. The summed E-state index contributed by atoms with van der Waals surface area (Å²) in [5, 5.41) is 3.58. The minimum Gasteiger partial charge on any atom is -0.330 e. The van der Waals surface area contributed by atoms with Crippen LogP contribution in [-0.4, -0.2) is 44.7 Å². The van der Waals surface area contributed by atoms with Crippen molar-refractivity contribution in [3.8, 4) is 0 Å². The highest BCUT2D eigenvalue weighted by molar-refractivity contribution is 5.01. The minimum absolute atomic E-state index is 0.414. The van der Waals surface area contributed by atoms with E-state index in [4.69, 9.17) is 5.73 Å². The largest absolute Gasteiger partial charge is 0.330 e. The molecule has 0 aromatic carbocycles. The first-order valence-electron chi connectivity index (χ1n) is 6.78. The van der Waals surface area contributed by atoms with Crippen LogP contribution in [0.2, 0.25) is 0 Å². The zero-order valence-corrected chi connectivity index (χ0v) is 10.8. The molecule has 0 amide bonds. The van der Waals surface area contributed by atoms with Crippen molar-refractivity contribution in [2.45, 2.75) is 38.1 Å². The molecule has 0 aromatic heterocycles. The molecular formula is C13H27N3. The van der Waals surface area contributed by atoms with Crippen LogP contribution in [0.3, 0.4) is 0 Å². The number of rotatable bonds is 4. The second kappa shape index (κ2) is 5.03. The zero-order chi connectivity index (χ0) is 11.6. The van der Waals surface area contributed by atoms with Crippen molar-refractivity contribution < 1.29 is 0 Å². The van der Waals surface area contributed by atoms with Crippen molar-refractivity contribution in [1.29, 1.82) is 0 Å². The van der Waals surface area contributed by atoms with Gasteiger partial charge in [0.25, 0.3) is 0 Å². The summed E-state index contributed by atoms with van der Waals surface area (Å²) in [5.41, 5.74) is 6.45. The van der Waals surface area contributed by atoms with Gasteiger partial charge in [-0.05, 0) is 64.2 Å². The number of hydrogen-bond donors (Lipinski definition) is 2. The third kappa shape index (κ3) is 2.13. The van der Waals surface area contributed by atoms with Crippen LogP contribution in [0.15, 0.2) is 0 Å². The Bertz CT molecular complexity index is 220. The van der Waals surface area contributed by atoms with Crippen LogP contribution in [0, 0.1) is 11.3 Å². The monoisotopic (exact) mass is 225 g/mol. The van der Waals surface area contributed by atoms with Crippen LogP contribution in [0.4, 0.5) is 0 Å². The summed E-state index contributed by atoms with van der Waals surface area (Å²) in [6.07, 6.45) is 6.75. The lowest BCUT2D eigenvalue weighted by atomic mass is 9.60. The van der Waals surface area contributed by atoms with Crippen LogP contribution >= 0.6 is 0 Å². The van der Waals surface area contributed by atoms with Crippen molar-refractivity contribution in [3.63, 3.8) is 0 Å². The van der Waals surface area contributed by atoms with Gasteiger partial charge in [0.15, 0.2) is 0 Å². The lowest BCUT2D eigenvalue weighted by Crippen LogP contribution is -2.58. The van der Waals surface area contributed by atoms with Crippen LogP contribution < -0.4 is 11.1 Å². The summed E-state index contributed by atoms with van der Waals surface area (Å²) in [5.74, 6) is 0.799. The number of nitrogens with zero attached hydrogens (tertiary/aromatic N) is 1. The van der Waals surface area contributed by atoms with E-state index in [-0.39, 0.29) is 0 Å². The van der Waals surface area contributed by atoms with Gasteiger partial charge in [-0.1, -0.05) is 6.42 Å². The van der Waals surface area contributed by atoms with E-state index >= 15 is 0 Å². The van der Waals surface area contributed by atoms with Crippen LogP contribution in [0.5, 0.6) is 0 Å². The standard InChI is InChI=1S/C13H27N3/c1-15-12(13(10-14)6-4-7-13)11-5-3-8-16(2)9-11/h11-12,15H,3-10,14H2,1-2H3. The molecule has 1 saturated heterocycles. The fourth-order valence-corrected chi connectivity index (χ4v) is 3.79. The van der Waals surface area contributed by atoms with Gasteiger partial charge in [0.05, 0.1) is 0 Å². The van der Waals surface area contributed by atoms with Gasteiger partial charge in [-0.15, -0.1) is 0 Å². The Balaban J connectivity index is 2.03. The smallest absolute Gasteiger partial charge is 0.0173 e. The average molecular weight is 225 g/mol. The molecule has 0 spiro atoms. The Kier molecular flexibility index (Phi) is 3.88. The van der Waals surface area contributed by atoms with Crippen LogP contribution in [0.25, 0.3) is 0 Å². The van der Waals surface area contributed by atoms with Gasteiger partial charge in [-0.2, -0.15) is 0 Å². The lowest BCUT2D eigenvalue weighted by molar-refractivity contribution is 0.0309. The fourth-order valence-electron chi connectivity index (χ4n) is 3.79. The third-order valence-corrected chi connectivity index (χ3v) is 4.86. The first-order chi connectivity index (χ1) is 7.72. The normalized spacial score (nSPS) is 32.1. The Hall–Kier alpha value is -0.120. The van der Waals surface area contributed by atoms with Gasteiger partial charge in [-0.25, -0.2) is 0 Å². The molecule has 1 aliphatic heterocycles. The maximum absolute atomic E-state index is 6.03. The van der Waals surface area contributed by atoms with Crippen LogP contribution in [0.1, 0.15) is 32.1 Å². The van der Waals surface area contributed by atoms with Gasteiger partial charge < -0.3 is 16.0 Å². The highest BCUT2D eigenvalue weighted by Gasteiger charge is 2.45. The van der Waals surface area contributed by atoms with E-state index in [2.05, 4.69) is 24.3 Å². The Morgan fingerprint density at radius 1 is 1.44 bits per heavy atom. The molecule has 2 atom stereocenters. The summed E-state index contributed by atoms with van der Waals surface area (Å²) in [6, 6.07) is 0.633. The Morgan fingerprint density at radius 2 is 2.19 bits per heavy atom. The lowest BCUT2D eigenvalue weighted by Gasteiger charge is -2.51. The quantitative estimate of drug-likeness (QED) is 0.751. The predicted molar refractivity (Wildman–Crippen MR) is 68.4 cm³/mol. The van der Waals surface area contributed by atoms with E-state index in [1.165, 1.54) is 45.2 Å². The van der Waals surface area contributed by atoms with E-state index in [1.807, 2.05) is 0 Å². The molecule has 1 heterocycles. The maximum atomic E-state index is 6.03. The van der Waals surface area contributed by atoms with Crippen molar-refractivity contribution in [1.82, 2.24) is 10.2 Å². The summed E-state index contributed by atoms with van der Waals surface area (Å²) in [6.45, 7) is 3.37. The maximum Gasteiger partial charge on any atom is 0.0173 e. The van der Waals surface area contributed by atoms with E-state index in [1.54, 1.807) is 0 Å². The number of likely N-dealkylation sites (tertiary alicyclic amines) is 1. The molecule has 2 fully saturated rings. The topological polar surface area (TPSA) is 41.3 Å². The molecule has 1 aliphatic carbocycles. The molecule has 3 nitrogen and oxygen atoms in total. The van der Waals surface area contributed by atoms with Gasteiger partial charge in [-0.3, -0.25) is 0 Å². The average Bonchev–Trinajstić information content (AvgIpc) is 2.23. The summed E-state index contributed by atoms with van der Waals surface area (Å²) < 4.78 is 0. The first kappa shape index (κ1) is 12.3. The molecule has 16 heavy (non-hydrogen) atoms. The zero-order valence-electron chi connectivity index (χ0n) is 10.8. The predicted octanol–water partition coefficient (Wildman–Crippen LogP) is 1.05. The van der Waals surface area contributed by atoms with Gasteiger partial charge >= 0.3 is 0 Å². The fraction of sp³-hybridized carbons (Fsp3) is 1.00. The van der Waals surface area contributed by atoms with E-state index in [0.29, 0.717) is 11.5 Å². The molecule has 3 N–H and O–H groups in total. The molecule has 0 bridgehead atoms. The summed E-state index contributed by atoms with van der Waals surface area (Å²) in [7, 11) is 4.36. The Labute approximate surface area is 99.8 Å². The molecule has 0 radical (unpaired) electrons. The van der Waals surface area contributed by atoms with Crippen molar-refractivity contribution in [2.24, 2.45) is 17.1 Å². The molecule has 2 unspecified atom stereocenters. The number of nitrogens with two attached hydrogens (primary N) is 1. The third-order valence-electron chi connectivity index (χ3n) is 4.86. The summed E-state index contributed by atoms with van der Waals surface area (Å²) >= 11 is 0. The van der Waals surface area contributed by atoms with Crippen molar-refractivity contribution in [2.75, 3.05) is 33.7 Å². The number of piperidine rings is 1. The number of nitrogens with one attached hydrogen (secondary N) is 1. The molecule has 3 heteroatoms. The second-order valence-electron chi connectivity index (χ2n) is 5.85. The van der Waals surface area contributed by atoms with Crippen molar-refractivity contribution in [3.05, 3.63) is 0 Å². The highest BCUT2D eigenvalue weighted by atomic mass is 15.1. The minimum atomic E-state index is 0.414. The highest BCUT2D eigenvalue weighted by Crippen LogP contribution is 2.46. The summed E-state index contributed by atoms with van der Waals surface area (Å²) in [4.78, 5) is 2.47. The molecule has 0 aromatic rings. The molecule has 2 rings (SSSR count).